The van der Waals surface area contributed by atoms with Gasteiger partial charge in [-0.1, -0.05) is 20.8 Å². The SMILES string of the molecule is CC(CNC12CC3CC(C)(CC(C)(C3)C1)C2)C(=O)O. The van der Waals surface area contributed by atoms with Crippen LogP contribution in [0.4, 0.5) is 0 Å². The third-order valence-corrected chi connectivity index (χ3v) is 5.83. The molecule has 0 radical (unpaired) electrons. The summed E-state index contributed by atoms with van der Waals surface area (Å²) in [5.74, 6) is -0.109. The minimum absolute atomic E-state index is 0.229. The van der Waals surface area contributed by atoms with Gasteiger partial charge in [-0.25, -0.2) is 0 Å². The zero-order valence-electron chi connectivity index (χ0n) is 12.5. The first-order valence-corrected chi connectivity index (χ1v) is 7.71. The summed E-state index contributed by atoms with van der Waals surface area (Å²) in [7, 11) is 0. The summed E-state index contributed by atoms with van der Waals surface area (Å²) < 4.78 is 0. The summed E-state index contributed by atoms with van der Waals surface area (Å²) in [6.45, 7) is 7.33. The number of aliphatic carboxylic acids is 1. The van der Waals surface area contributed by atoms with Crippen molar-refractivity contribution in [3.63, 3.8) is 0 Å². The Morgan fingerprint density at radius 2 is 1.79 bits per heavy atom. The zero-order valence-corrected chi connectivity index (χ0v) is 12.5. The first kappa shape index (κ1) is 13.4. The second-order valence-corrected chi connectivity index (χ2v) is 8.53. The summed E-state index contributed by atoms with van der Waals surface area (Å²) in [6.07, 6.45) is 7.91. The highest BCUT2D eigenvalue weighted by Crippen LogP contribution is 2.66. The fraction of sp³-hybridized carbons (Fsp3) is 0.938. The highest BCUT2D eigenvalue weighted by atomic mass is 16.4. The lowest BCUT2D eigenvalue weighted by Crippen LogP contribution is -2.64. The van der Waals surface area contributed by atoms with Gasteiger partial charge in [0.1, 0.15) is 0 Å². The topological polar surface area (TPSA) is 49.3 Å². The number of hydrogen-bond acceptors (Lipinski definition) is 2. The molecule has 0 spiro atoms. The Hall–Kier alpha value is -0.570. The third-order valence-electron chi connectivity index (χ3n) is 5.83. The van der Waals surface area contributed by atoms with Crippen molar-refractivity contribution in [2.45, 2.75) is 64.8 Å². The van der Waals surface area contributed by atoms with Crippen LogP contribution in [0.1, 0.15) is 59.3 Å². The normalized spacial score (nSPS) is 49.3. The standard InChI is InChI=1S/C16H27NO2/c1-11(13(18)19)7-17-16-6-12-4-14(2,9-16)8-15(3,5-12)10-16/h11-12,17H,4-10H2,1-3H3,(H,18,19). The van der Waals surface area contributed by atoms with Crippen molar-refractivity contribution >= 4 is 5.97 Å². The van der Waals surface area contributed by atoms with Crippen molar-refractivity contribution in [1.29, 1.82) is 0 Å². The van der Waals surface area contributed by atoms with Crippen LogP contribution in [-0.2, 0) is 4.79 Å². The maximum atomic E-state index is 11.0. The van der Waals surface area contributed by atoms with Crippen LogP contribution in [0.15, 0.2) is 0 Å². The highest BCUT2D eigenvalue weighted by Gasteiger charge is 2.59. The van der Waals surface area contributed by atoms with Crippen LogP contribution in [0.5, 0.6) is 0 Å². The first-order chi connectivity index (χ1) is 8.73. The Balaban J connectivity index is 1.75. The maximum absolute atomic E-state index is 11.0. The van der Waals surface area contributed by atoms with Gasteiger partial charge in [0.2, 0.25) is 0 Å². The number of hydrogen-bond donors (Lipinski definition) is 2. The molecule has 4 saturated carbocycles. The molecule has 3 nitrogen and oxygen atoms in total. The summed E-state index contributed by atoms with van der Waals surface area (Å²) in [5.41, 5.74) is 1.22. The van der Waals surface area contributed by atoms with Crippen LogP contribution in [0.3, 0.4) is 0 Å². The predicted octanol–water partition coefficient (Wildman–Crippen LogP) is 3.05. The quantitative estimate of drug-likeness (QED) is 0.821. The Morgan fingerprint density at radius 3 is 2.26 bits per heavy atom. The van der Waals surface area contributed by atoms with Gasteiger partial charge in [0.05, 0.1) is 5.92 Å². The molecule has 4 aliphatic rings. The molecule has 19 heavy (non-hydrogen) atoms. The molecule has 0 saturated heterocycles. The van der Waals surface area contributed by atoms with Crippen LogP contribution in [0, 0.1) is 22.7 Å². The molecule has 0 heterocycles. The number of carboxylic acid groups (broad SMARTS) is 1. The molecule has 4 fully saturated rings. The lowest BCUT2D eigenvalue weighted by Gasteiger charge is -2.65. The molecular weight excluding hydrogens is 238 g/mol. The highest BCUT2D eigenvalue weighted by molar-refractivity contribution is 5.69. The summed E-state index contributed by atoms with van der Waals surface area (Å²) in [5, 5.41) is 12.7. The Labute approximate surface area is 116 Å². The van der Waals surface area contributed by atoms with Crippen LogP contribution in [-0.4, -0.2) is 23.2 Å². The fourth-order valence-corrected chi connectivity index (χ4v) is 6.10. The van der Waals surface area contributed by atoms with Gasteiger partial charge in [0.15, 0.2) is 0 Å². The Morgan fingerprint density at radius 1 is 1.21 bits per heavy atom. The van der Waals surface area contributed by atoms with Crippen molar-refractivity contribution < 1.29 is 9.90 Å². The van der Waals surface area contributed by atoms with Crippen molar-refractivity contribution in [1.82, 2.24) is 5.32 Å². The molecular formula is C16H27NO2. The van der Waals surface area contributed by atoms with Crippen molar-refractivity contribution in [2.75, 3.05) is 6.54 Å². The van der Waals surface area contributed by atoms with E-state index in [0.29, 0.717) is 17.4 Å². The van der Waals surface area contributed by atoms with E-state index in [-0.39, 0.29) is 11.5 Å². The maximum Gasteiger partial charge on any atom is 0.307 e. The van der Waals surface area contributed by atoms with Gasteiger partial charge in [-0.2, -0.15) is 0 Å². The molecule has 0 aromatic heterocycles. The van der Waals surface area contributed by atoms with Crippen LogP contribution in [0.2, 0.25) is 0 Å². The van der Waals surface area contributed by atoms with E-state index in [0.717, 1.165) is 5.92 Å². The number of carboxylic acids is 1. The third kappa shape index (κ3) is 2.31. The average molecular weight is 265 g/mol. The second-order valence-electron chi connectivity index (χ2n) is 8.53. The van der Waals surface area contributed by atoms with Gasteiger partial charge in [-0.3, -0.25) is 4.79 Å². The molecule has 3 heteroatoms. The van der Waals surface area contributed by atoms with E-state index in [9.17, 15) is 4.79 Å². The van der Waals surface area contributed by atoms with E-state index in [4.69, 9.17) is 5.11 Å². The van der Waals surface area contributed by atoms with Crippen LogP contribution in [0.25, 0.3) is 0 Å². The predicted molar refractivity (Wildman–Crippen MR) is 74.9 cm³/mol. The lowest BCUT2D eigenvalue weighted by molar-refractivity contribution is -0.142. The molecule has 108 valence electrons. The molecule has 3 unspecified atom stereocenters. The molecule has 0 aliphatic heterocycles. The number of carbonyl (C=O) groups is 1. The average Bonchev–Trinajstić information content (AvgIpc) is 2.20. The number of rotatable bonds is 4. The molecule has 4 rings (SSSR count). The van der Waals surface area contributed by atoms with Crippen molar-refractivity contribution in [2.24, 2.45) is 22.7 Å². The molecule has 0 amide bonds. The second kappa shape index (κ2) is 3.97. The summed E-state index contributed by atoms with van der Waals surface area (Å²) in [6, 6.07) is 0. The first-order valence-electron chi connectivity index (χ1n) is 7.71. The van der Waals surface area contributed by atoms with Gasteiger partial charge in [-0.05, 0) is 55.3 Å². The minimum atomic E-state index is -0.686. The molecule has 0 aromatic rings. The van der Waals surface area contributed by atoms with Gasteiger partial charge in [0, 0.05) is 12.1 Å². The van der Waals surface area contributed by atoms with Gasteiger partial charge in [0.25, 0.3) is 0 Å². The molecule has 4 bridgehead atoms. The largest absolute Gasteiger partial charge is 0.481 e. The summed E-state index contributed by atoms with van der Waals surface area (Å²) in [4.78, 5) is 11.0. The van der Waals surface area contributed by atoms with Crippen LogP contribution >= 0.6 is 0 Å². The smallest absolute Gasteiger partial charge is 0.307 e. The van der Waals surface area contributed by atoms with Gasteiger partial charge >= 0.3 is 5.97 Å². The van der Waals surface area contributed by atoms with Crippen molar-refractivity contribution in [3.05, 3.63) is 0 Å². The van der Waals surface area contributed by atoms with E-state index in [2.05, 4.69) is 19.2 Å². The lowest BCUT2D eigenvalue weighted by atomic mass is 9.43. The van der Waals surface area contributed by atoms with E-state index in [1.54, 1.807) is 6.92 Å². The monoisotopic (exact) mass is 265 g/mol. The Bertz CT molecular complexity index is 388. The molecule has 4 aliphatic carbocycles. The molecule has 2 N–H and O–H groups in total. The van der Waals surface area contributed by atoms with E-state index in [1.807, 2.05) is 0 Å². The van der Waals surface area contributed by atoms with E-state index in [1.165, 1.54) is 38.5 Å². The van der Waals surface area contributed by atoms with Crippen molar-refractivity contribution in [3.8, 4) is 0 Å². The Kier molecular flexibility index (Phi) is 2.80. The summed E-state index contributed by atoms with van der Waals surface area (Å²) >= 11 is 0. The van der Waals surface area contributed by atoms with E-state index >= 15 is 0 Å². The van der Waals surface area contributed by atoms with Gasteiger partial charge < -0.3 is 10.4 Å². The van der Waals surface area contributed by atoms with Crippen LogP contribution < -0.4 is 5.32 Å². The fourth-order valence-electron chi connectivity index (χ4n) is 6.10. The molecule has 3 atom stereocenters. The number of nitrogens with one attached hydrogen (secondary N) is 1. The molecule has 0 aromatic carbocycles. The zero-order chi connectivity index (χ0) is 13.9. The van der Waals surface area contributed by atoms with E-state index < -0.39 is 5.97 Å². The van der Waals surface area contributed by atoms with Gasteiger partial charge in [-0.15, -0.1) is 0 Å². The minimum Gasteiger partial charge on any atom is -0.481 e.